The molecule has 21 heavy (non-hydrogen) atoms. The smallest absolute Gasteiger partial charge is 0.209 e. The van der Waals surface area contributed by atoms with Gasteiger partial charge in [0.1, 0.15) is 5.75 Å². The lowest BCUT2D eigenvalue weighted by Crippen LogP contribution is -2.42. The molecule has 0 unspecified atom stereocenters. The van der Waals surface area contributed by atoms with Gasteiger partial charge in [-0.15, -0.1) is 0 Å². The fourth-order valence-corrected chi connectivity index (χ4v) is 3.91. The molecule has 0 saturated carbocycles. The molecule has 118 valence electrons. The largest absolute Gasteiger partial charge is 0.493 e. The minimum atomic E-state index is -3.57. The van der Waals surface area contributed by atoms with E-state index in [1.807, 2.05) is 13.0 Å². The summed E-state index contributed by atoms with van der Waals surface area (Å²) in [6, 6.07) is 5.40. The number of primary sulfonamides is 1. The minimum absolute atomic E-state index is 0.0943. The van der Waals surface area contributed by atoms with Crippen molar-refractivity contribution in [1.82, 2.24) is 0 Å². The Labute approximate surface area is 130 Å². The van der Waals surface area contributed by atoms with E-state index >= 15 is 0 Å². The van der Waals surface area contributed by atoms with Gasteiger partial charge in [0, 0.05) is 23.7 Å². The lowest BCUT2D eigenvalue weighted by molar-refractivity contribution is 0.00198. The molecule has 1 fully saturated rings. The predicted octanol–water partition coefficient (Wildman–Crippen LogP) is 2.11. The first-order valence-electron chi connectivity index (χ1n) is 6.77. The van der Waals surface area contributed by atoms with Crippen LogP contribution < -0.4 is 9.88 Å². The van der Waals surface area contributed by atoms with E-state index in [4.69, 9.17) is 26.2 Å². The third kappa shape index (κ3) is 4.85. The van der Waals surface area contributed by atoms with E-state index in [2.05, 4.69) is 0 Å². The maximum atomic E-state index is 11.5. The first kappa shape index (κ1) is 16.5. The van der Waals surface area contributed by atoms with Crippen molar-refractivity contribution in [2.75, 3.05) is 25.6 Å². The van der Waals surface area contributed by atoms with Crippen LogP contribution in [0.25, 0.3) is 0 Å². The minimum Gasteiger partial charge on any atom is -0.493 e. The zero-order valence-electron chi connectivity index (χ0n) is 12.0. The molecule has 1 aromatic carbocycles. The second-order valence-electron chi connectivity index (χ2n) is 5.62. The molecule has 0 aromatic heterocycles. The van der Waals surface area contributed by atoms with E-state index in [-0.39, 0.29) is 12.4 Å². The van der Waals surface area contributed by atoms with Gasteiger partial charge in [0.25, 0.3) is 0 Å². The molecule has 7 heteroatoms. The third-order valence-corrected chi connectivity index (χ3v) is 4.99. The van der Waals surface area contributed by atoms with Crippen LogP contribution >= 0.6 is 11.6 Å². The Hall–Kier alpha value is -0.820. The van der Waals surface area contributed by atoms with Crippen LogP contribution in [-0.2, 0) is 14.8 Å². The number of benzene rings is 1. The summed E-state index contributed by atoms with van der Waals surface area (Å²) < 4.78 is 34.2. The van der Waals surface area contributed by atoms with Crippen LogP contribution in [-0.4, -0.2) is 34.0 Å². The van der Waals surface area contributed by atoms with E-state index in [0.717, 1.165) is 5.56 Å². The molecule has 1 aliphatic rings. The number of halogens is 1. The van der Waals surface area contributed by atoms with E-state index in [9.17, 15) is 8.42 Å². The topological polar surface area (TPSA) is 78.6 Å². The van der Waals surface area contributed by atoms with Gasteiger partial charge in [-0.1, -0.05) is 17.7 Å². The van der Waals surface area contributed by atoms with Gasteiger partial charge < -0.3 is 9.47 Å². The molecule has 0 amide bonds. The maximum Gasteiger partial charge on any atom is 0.209 e. The number of hydrogen-bond acceptors (Lipinski definition) is 4. The molecular formula is C14H20ClNO4S. The predicted molar refractivity (Wildman–Crippen MR) is 82.1 cm³/mol. The molecule has 0 radical (unpaired) electrons. The van der Waals surface area contributed by atoms with Gasteiger partial charge >= 0.3 is 0 Å². The molecule has 0 spiro atoms. The molecule has 0 bridgehead atoms. The zero-order valence-corrected chi connectivity index (χ0v) is 13.5. The number of hydrogen-bond donors (Lipinski definition) is 1. The van der Waals surface area contributed by atoms with Crippen LogP contribution in [0.5, 0.6) is 5.75 Å². The Morgan fingerprint density at radius 1 is 1.38 bits per heavy atom. The SMILES string of the molecule is Cc1ccc(Cl)cc1OCC1(CS(N)(=O)=O)CCOCC1. The van der Waals surface area contributed by atoms with E-state index in [1.54, 1.807) is 12.1 Å². The Morgan fingerprint density at radius 2 is 2.05 bits per heavy atom. The van der Waals surface area contributed by atoms with E-state index < -0.39 is 15.4 Å². The number of sulfonamides is 1. The van der Waals surface area contributed by atoms with Crippen LogP contribution in [0.4, 0.5) is 0 Å². The Balaban J connectivity index is 2.14. The summed E-state index contributed by atoms with van der Waals surface area (Å²) in [5.41, 5.74) is 0.456. The molecule has 2 rings (SSSR count). The number of nitrogens with two attached hydrogens (primary N) is 1. The summed E-state index contributed by atoms with van der Waals surface area (Å²) in [7, 11) is -3.57. The molecule has 1 heterocycles. The van der Waals surface area contributed by atoms with Gasteiger partial charge in [0.2, 0.25) is 10.0 Å². The molecule has 1 aliphatic heterocycles. The van der Waals surface area contributed by atoms with Crippen molar-refractivity contribution in [2.45, 2.75) is 19.8 Å². The van der Waals surface area contributed by atoms with Crippen molar-refractivity contribution in [3.8, 4) is 5.75 Å². The lowest BCUT2D eigenvalue weighted by atomic mass is 9.83. The summed E-state index contributed by atoms with van der Waals surface area (Å²) in [4.78, 5) is 0. The van der Waals surface area contributed by atoms with Gasteiger partial charge in [-0.25, -0.2) is 13.6 Å². The third-order valence-electron chi connectivity index (χ3n) is 3.74. The van der Waals surface area contributed by atoms with Crippen molar-refractivity contribution < 1.29 is 17.9 Å². The molecule has 0 atom stereocenters. The highest BCUT2D eigenvalue weighted by Gasteiger charge is 2.37. The summed E-state index contributed by atoms with van der Waals surface area (Å²) in [5, 5.41) is 5.82. The van der Waals surface area contributed by atoms with Gasteiger partial charge in [-0.3, -0.25) is 0 Å². The standard InChI is InChI=1S/C14H20ClNO4S/c1-11-2-3-12(15)8-13(11)20-9-14(10-21(16,17)18)4-6-19-7-5-14/h2-3,8H,4-7,9-10H2,1H3,(H2,16,17,18). The highest BCUT2D eigenvalue weighted by atomic mass is 35.5. The van der Waals surface area contributed by atoms with Crippen molar-refractivity contribution in [2.24, 2.45) is 10.6 Å². The fourth-order valence-electron chi connectivity index (χ4n) is 2.52. The van der Waals surface area contributed by atoms with Crippen LogP contribution in [0.2, 0.25) is 5.02 Å². The molecule has 2 N–H and O–H groups in total. The summed E-state index contributed by atoms with van der Waals surface area (Å²) in [5.74, 6) is 0.575. The molecular weight excluding hydrogens is 314 g/mol. The first-order valence-corrected chi connectivity index (χ1v) is 8.86. The van der Waals surface area contributed by atoms with Crippen molar-refractivity contribution >= 4 is 21.6 Å². The van der Waals surface area contributed by atoms with Gasteiger partial charge in [0.15, 0.2) is 0 Å². The van der Waals surface area contributed by atoms with Crippen molar-refractivity contribution in [1.29, 1.82) is 0 Å². The summed E-state index contributed by atoms with van der Waals surface area (Å²) >= 11 is 5.96. The molecule has 1 aromatic rings. The average Bonchev–Trinajstić information content (AvgIpc) is 2.39. The first-order chi connectivity index (χ1) is 9.80. The second-order valence-corrected chi connectivity index (χ2v) is 7.67. The van der Waals surface area contributed by atoms with E-state index in [1.165, 1.54) is 0 Å². The average molecular weight is 334 g/mol. The van der Waals surface area contributed by atoms with Crippen molar-refractivity contribution in [3.05, 3.63) is 28.8 Å². The van der Waals surface area contributed by atoms with Gasteiger partial charge in [-0.2, -0.15) is 0 Å². The Bertz CT molecular complexity index is 597. The second kappa shape index (κ2) is 6.52. The number of rotatable bonds is 5. The Morgan fingerprint density at radius 3 is 2.67 bits per heavy atom. The monoisotopic (exact) mass is 333 g/mol. The van der Waals surface area contributed by atoms with Crippen LogP contribution in [0.3, 0.4) is 0 Å². The van der Waals surface area contributed by atoms with Crippen LogP contribution in [0.1, 0.15) is 18.4 Å². The molecule has 1 saturated heterocycles. The Kier molecular flexibility index (Phi) is 5.14. The van der Waals surface area contributed by atoms with Crippen molar-refractivity contribution in [3.63, 3.8) is 0 Å². The highest BCUT2D eigenvalue weighted by molar-refractivity contribution is 7.89. The van der Waals surface area contributed by atoms with Crippen LogP contribution in [0, 0.1) is 12.3 Å². The lowest BCUT2D eigenvalue weighted by Gasteiger charge is -2.36. The summed E-state index contributed by atoms with van der Waals surface area (Å²) in [6.45, 7) is 3.25. The molecule has 5 nitrogen and oxygen atoms in total. The maximum absolute atomic E-state index is 11.5. The fraction of sp³-hybridized carbons (Fsp3) is 0.571. The van der Waals surface area contributed by atoms with Gasteiger partial charge in [-0.05, 0) is 37.5 Å². The van der Waals surface area contributed by atoms with Gasteiger partial charge in [0.05, 0.1) is 12.4 Å². The summed E-state index contributed by atoms with van der Waals surface area (Å²) in [6.07, 6.45) is 1.23. The normalized spacial score (nSPS) is 18.4. The van der Waals surface area contributed by atoms with Crippen LogP contribution in [0.15, 0.2) is 18.2 Å². The molecule has 0 aliphatic carbocycles. The zero-order chi connectivity index (χ0) is 15.5. The van der Waals surface area contributed by atoms with E-state index in [0.29, 0.717) is 36.8 Å². The quantitative estimate of drug-likeness (QED) is 0.895. The number of ether oxygens (including phenoxy) is 2. The highest BCUT2D eigenvalue weighted by Crippen LogP contribution is 2.33. The number of aryl methyl sites for hydroxylation is 1.